The number of aromatic amines is 1. The molecule has 0 radical (unpaired) electrons. The van der Waals surface area contributed by atoms with Gasteiger partial charge in [-0.3, -0.25) is 19.2 Å². The van der Waals surface area contributed by atoms with E-state index in [1.807, 2.05) is 0 Å². The Morgan fingerprint density at radius 2 is 1.97 bits per heavy atom. The van der Waals surface area contributed by atoms with E-state index in [9.17, 15) is 19.2 Å². The lowest BCUT2D eigenvalue weighted by atomic mass is 10.1. The Morgan fingerprint density at radius 3 is 2.52 bits per heavy atom. The number of nitrogens with one attached hydrogen (secondary N) is 5. The van der Waals surface area contributed by atoms with Gasteiger partial charge in [0.15, 0.2) is 0 Å². The van der Waals surface area contributed by atoms with Crippen molar-refractivity contribution in [2.24, 2.45) is 0 Å². The standard InChI is InChI=1S/C17H26N6O5S/c1-9(17(27)28)21-16(26)13(7-29)23-15(25)12(5-10-6-18-8-20-10)22-14(24)11-3-2-4-19-11/h6,8-9,11-13,19,29H,2-5,7H2,1H3,(H,18,20)(H,21,26)(H,22,24)(H,23,25)(H,27,28). The lowest BCUT2D eigenvalue weighted by Crippen LogP contribution is -2.57. The highest BCUT2D eigenvalue weighted by atomic mass is 32.1. The van der Waals surface area contributed by atoms with Crippen LogP contribution < -0.4 is 21.3 Å². The zero-order valence-corrected chi connectivity index (χ0v) is 16.9. The number of nitrogens with zero attached hydrogens (tertiary/aromatic N) is 1. The van der Waals surface area contributed by atoms with E-state index in [1.54, 1.807) is 0 Å². The number of aliphatic carboxylic acids is 1. The molecule has 29 heavy (non-hydrogen) atoms. The minimum absolute atomic E-state index is 0.0428. The van der Waals surface area contributed by atoms with Crippen LogP contribution in [0.3, 0.4) is 0 Å². The Kier molecular flexibility index (Phi) is 8.46. The minimum Gasteiger partial charge on any atom is -0.480 e. The molecule has 2 heterocycles. The second-order valence-electron chi connectivity index (χ2n) is 6.80. The van der Waals surface area contributed by atoms with Gasteiger partial charge in [-0.2, -0.15) is 12.6 Å². The number of thiol groups is 1. The van der Waals surface area contributed by atoms with E-state index in [2.05, 4.69) is 43.9 Å². The number of carboxylic acid groups (broad SMARTS) is 1. The molecule has 4 atom stereocenters. The van der Waals surface area contributed by atoms with Crippen LogP contribution in [0.4, 0.5) is 0 Å². The average Bonchev–Trinajstić information content (AvgIpc) is 3.38. The molecule has 1 aromatic heterocycles. The molecule has 0 aromatic carbocycles. The van der Waals surface area contributed by atoms with Crippen molar-refractivity contribution < 1.29 is 24.3 Å². The number of carbonyl (C=O) groups excluding carboxylic acids is 3. The average molecular weight is 426 g/mol. The molecular weight excluding hydrogens is 400 g/mol. The van der Waals surface area contributed by atoms with Gasteiger partial charge in [0, 0.05) is 24.1 Å². The van der Waals surface area contributed by atoms with Gasteiger partial charge in [-0.15, -0.1) is 0 Å². The Labute approximate surface area is 173 Å². The second-order valence-corrected chi connectivity index (χ2v) is 7.17. The monoisotopic (exact) mass is 426 g/mol. The number of amides is 3. The molecule has 1 saturated heterocycles. The lowest BCUT2D eigenvalue weighted by Gasteiger charge is -2.23. The molecule has 0 saturated carbocycles. The highest BCUT2D eigenvalue weighted by Crippen LogP contribution is 2.07. The summed E-state index contributed by atoms with van der Waals surface area (Å²) in [6, 6.07) is -3.49. The first-order valence-corrected chi connectivity index (χ1v) is 9.90. The van der Waals surface area contributed by atoms with Gasteiger partial charge in [-0.05, 0) is 26.3 Å². The fourth-order valence-corrected chi connectivity index (χ4v) is 3.11. The number of carboxylic acids is 1. The second kappa shape index (κ2) is 10.8. The van der Waals surface area contributed by atoms with Crippen molar-refractivity contribution in [3.05, 3.63) is 18.2 Å². The molecule has 0 spiro atoms. The van der Waals surface area contributed by atoms with Crippen LogP contribution in [0, 0.1) is 0 Å². The van der Waals surface area contributed by atoms with Crippen LogP contribution in [0.1, 0.15) is 25.5 Å². The summed E-state index contributed by atoms with van der Waals surface area (Å²) in [5, 5.41) is 19.5. The van der Waals surface area contributed by atoms with Crippen LogP contribution in [0.25, 0.3) is 0 Å². The molecule has 1 aliphatic rings. The van der Waals surface area contributed by atoms with Gasteiger partial charge in [-0.25, -0.2) is 4.98 Å². The maximum absolute atomic E-state index is 12.8. The molecule has 160 valence electrons. The maximum Gasteiger partial charge on any atom is 0.325 e. The van der Waals surface area contributed by atoms with Crippen molar-refractivity contribution in [1.29, 1.82) is 0 Å². The Balaban J connectivity index is 2.04. The fraction of sp³-hybridized carbons (Fsp3) is 0.588. The molecule has 4 unspecified atom stereocenters. The molecule has 1 aliphatic heterocycles. The molecule has 0 bridgehead atoms. The predicted molar refractivity (Wildman–Crippen MR) is 106 cm³/mol. The summed E-state index contributed by atoms with van der Waals surface area (Å²) in [6.45, 7) is 2.05. The van der Waals surface area contributed by atoms with E-state index in [-0.39, 0.29) is 24.1 Å². The number of carbonyl (C=O) groups is 4. The van der Waals surface area contributed by atoms with E-state index >= 15 is 0 Å². The number of H-pyrrole nitrogens is 1. The van der Waals surface area contributed by atoms with Gasteiger partial charge in [0.25, 0.3) is 0 Å². The first-order valence-electron chi connectivity index (χ1n) is 9.27. The number of imidazole rings is 1. The Bertz CT molecular complexity index is 722. The minimum atomic E-state index is -1.20. The van der Waals surface area contributed by atoms with E-state index in [4.69, 9.17) is 5.11 Å². The summed E-state index contributed by atoms with van der Waals surface area (Å²) in [5.74, 6) is -2.79. The van der Waals surface area contributed by atoms with E-state index < -0.39 is 35.9 Å². The van der Waals surface area contributed by atoms with Gasteiger partial charge in [0.05, 0.1) is 12.4 Å². The summed E-state index contributed by atoms with van der Waals surface area (Å²) >= 11 is 4.07. The largest absolute Gasteiger partial charge is 0.480 e. The van der Waals surface area contributed by atoms with E-state index in [1.165, 1.54) is 19.4 Å². The predicted octanol–water partition coefficient (Wildman–Crippen LogP) is -1.81. The third-order valence-electron chi connectivity index (χ3n) is 4.53. The van der Waals surface area contributed by atoms with Gasteiger partial charge in [-0.1, -0.05) is 0 Å². The first kappa shape index (κ1) is 22.7. The molecule has 0 aliphatic carbocycles. The normalized spacial score (nSPS) is 19.0. The Morgan fingerprint density at radius 1 is 1.24 bits per heavy atom. The molecule has 1 aromatic rings. The molecule has 11 nitrogen and oxygen atoms in total. The molecule has 3 amide bonds. The summed E-state index contributed by atoms with van der Waals surface area (Å²) in [6.07, 6.45) is 4.70. The maximum atomic E-state index is 12.8. The van der Waals surface area contributed by atoms with Gasteiger partial charge in [0.1, 0.15) is 18.1 Å². The SMILES string of the molecule is CC(NC(=O)C(CS)NC(=O)C(Cc1cnc[nH]1)NC(=O)C1CCCN1)C(=O)O. The molecule has 2 rings (SSSR count). The van der Waals surface area contributed by atoms with Crippen LogP contribution in [0.2, 0.25) is 0 Å². The van der Waals surface area contributed by atoms with Crippen molar-refractivity contribution in [2.45, 2.75) is 50.4 Å². The fourth-order valence-electron chi connectivity index (χ4n) is 2.85. The quantitative estimate of drug-likeness (QED) is 0.217. The smallest absolute Gasteiger partial charge is 0.325 e. The zero-order chi connectivity index (χ0) is 21.4. The van der Waals surface area contributed by atoms with Crippen LogP contribution in [0.5, 0.6) is 0 Å². The summed E-state index contributed by atoms with van der Waals surface area (Å²) in [7, 11) is 0. The van der Waals surface area contributed by atoms with Crippen LogP contribution in [-0.4, -0.2) is 75.2 Å². The van der Waals surface area contributed by atoms with Crippen molar-refractivity contribution >= 4 is 36.3 Å². The summed E-state index contributed by atoms with van der Waals surface area (Å²) < 4.78 is 0. The third kappa shape index (κ3) is 6.75. The van der Waals surface area contributed by atoms with Crippen LogP contribution in [-0.2, 0) is 25.6 Å². The Hall–Kier alpha value is -2.60. The molecule has 1 fully saturated rings. The van der Waals surface area contributed by atoms with Crippen LogP contribution >= 0.6 is 12.6 Å². The van der Waals surface area contributed by atoms with Crippen molar-refractivity contribution in [1.82, 2.24) is 31.2 Å². The van der Waals surface area contributed by atoms with Crippen LogP contribution in [0.15, 0.2) is 12.5 Å². The van der Waals surface area contributed by atoms with Crippen molar-refractivity contribution in [3.8, 4) is 0 Å². The van der Waals surface area contributed by atoms with Crippen molar-refractivity contribution in [3.63, 3.8) is 0 Å². The molecule has 6 N–H and O–H groups in total. The van der Waals surface area contributed by atoms with E-state index in [0.29, 0.717) is 12.1 Å². The summed E-state index contributed by atoms with van der Waals surface area (Å²) in [4.78, 5) is 55.2. The van der Waals surface area contributed by atoms with E-state index in [0.717, 1.165) is 13.0 Å². The number of hydrogen-bond donors (Lipinski definition) is 7. The summed E-state index contributed by atoms with van der Waals surface area (Å²) in [5.41, 5.74) is 0.635. The zero-order valence-electron chi connectivity index (χ0n) is 16.0. The molecular formula is C17H26N6O5S. The first-order chi connectivity index (χ1) is 13.8. The number of hydrogen-bond acceptors (Lipinski definition) is 7. The number of rotatable bonds is 10. The van der Waals surface area contributed by atoms with Crippen molar-refractivity contribution in [2.75, 3.05) is 12.3 Å². The number of aromatic nitrogens is 2. The highest BCUT2D eigenvalue weighted by molar-refractivity contribution is 7.80. The van der Waals surface area contributed by atoms with Gasteiger partial charge in [0.2, 0.25) is 17.7 Å². The van der Waals surface area contributed by atoms with Gasteiger partial charge < -0.3 is 31.4 Å². The lowest BCUT2D eigenvalue weighted by molar-refractivity contribution is -0.141. The third-order valence-corrected chi connectivity index (χ3v) is 4.90. The topological polar surface area (TPSA) is 165 Å². The van der Waals surface area contributed by atoms with Gasteiger partial charge >= 0.3 is 5.97 Å². The molecule has 12 heteroatoms. The highest BCUT2D eigenvalue weighted by Gasteiger charge is 2.30.